The highest BCUT2D eigenvalue weighted by molar-refractivity contribution is 7.16. The lowest BCUT2D eigenvalue weighted by atomic mass is 9.79. The Labute approximate surface area is 186 Å². The van der Waals surface area contributed by atoms with Gasteiger partial charge in [0.15, 0.2) is 0 Å². The topological polar surface area (TPSA) is 56.3 Å². The van der Waals surface area contributed by atoms with Crippen molar-refractivity contribution in [1.82, 2.24) is 9.97 Å². The Morgan fingerprint density at radius 3 is 2.60 bits per heavy atom. The summed E-state index contributed by atoms with van der Waals surface area (Å²) in [6, 6.07) is 10.5. The van der Waals surface area contributed by atoms with Gasteiger partial charge in [0, 0.05) is 24.6 Å². The minimum Gasteiger partial charge on any atom is -0.480 e. The first-order valence-electron chi connectivity index (χ1n) is 10.2. The van der Waals surface area contributed by atoms with Crippen molar-refractivity contribution >= 4 is 28.6 Å². The second-order valence-electron chi connectivity index (χ2n) is 7.63. The zero-order valence-corrected chi connectivity index (χ0v) is 18.8. The molecule has 0 unspecified atom stereocenters. The van der Waals surface area contributed by atoms with E-state index in [2.05, 4.69) is 39.6 Å². The van der Waals surface area contributed by atoms with Crippen LogP contribution in [-0.4, -0.2) is 30.7 Å². The molecule has 2 heterocycles. The molecule has 0 amide bonds. The number of thiazole rings is 1. The summed E-state index contributed by atoms with van der Waals surface area (Å²) in [4.78, 5) is 9.71. The van der Waals surface area contributed by atoms with Crippen LogP contribution < -0.4 is 14.8 Å². The third kappa shape index (κ3) is 4.87. The van der Waals surface area contributed by atoms with Crippen molar-refractivity contribution in [2.75, 3.05) is 26.1 Å². The number of nitrogens with zero attached hydrogens (tertiary/aromatic N) is 2. The van der Waals surface area contributed by atoms with Gasteiger partial charge in [-0.15, -0.1) is 0 Å². The van der Waals surface area contributed by atoms with Crippen molar-refractivity contribution in [2.45, 2.75) is 31.6 Å². The number of pyridine rings is 1. The molecular weight excluding hydrogens is 418 g/mol. The Balaban J connectivity index is 1.31. The number of rotatable bonds is 7. The van der Waals surface area contributed by atoms with E-state index in [1.807, 2.05) is 18.5 Å². The van der Waals surface area contributed by atoms with Crippen LogP contribution in [0.5, 0.6) is 11.1 Å². The molecule has 1 aliphatic carbocycles. The molecule has 1 N–H and O–H groups in total. The van der Waals surface area contributed by atoms with Crippen molar-refractivity contribution < 1.29 is 9.47 Å². The number of hydrogen-bond acceptors (Lipinski definition) is 6. The lowest BCUT2D eigenvalue weighted by molar-refractivity contribution is 0.337. The van der Waals surface area contributed by atoms with Gasteiger partial charge in [0.05, 0.1) is 19.1 Å². The van der Waals surface area contributed by atoms with Crippen LogP contribution in [0, 0.1) is 5.92 Å². The molecule has 2 aromatic heterocycles. The second-order valence-corrected chi connectivity index (χ2v) is 9.03. The van der Waals surface area contributed by atoms with Gasteiger partial charge in [-0.2, -0.15) is 0 Å². The van der Waals surface area contributed by atoms with E-state index in [0.29, 0.717) is 27.9 Å². The van der Waals surface area contributed by atoms with Crippen LogP contribution in [0.3, 0.4) is 0 Å². The highest BCUT2D eigenvalue weighted by Crippen LogP contribution is 2.38. The lowest BCUT2D eigenvalue weighted by Gasteiger charge is -2.29. The largest absolute Gasteiger partial charge is 0.480 e. The fourth-order valence-electron chi connectivity index (χ4n) is 4.04. The Morgan fingerprint density at radius 1 is 1.07 bits per heavy atom. The molecule has 4 rings (SSSR count). The summed E-state index contributed by atoms with van der Waals surface area (Å²) in [5.41, 5.74) is 3.53. The zero-order valence-electron chi connectivity index (χ0n) is 17.2. The molecular formula is C23H26ClN3O2S. The Bertz CT molecular complexity index is 986. The van der Waals surface area contributed by atoms with Gasteiger partial charge in [0.25, 0.3) is 5.19 Å². The Kier molecular flexibility index (Phi) is 6.75. The van der Waals surface area contributed by atoms with Crippen LogP contribution >= 0.6 is 22.9 Å². The standard InChI is InChI=1S/C23H26ClN3O2S/c1-28-22-20(24)11-18(13-26-22)16-8-6-15(7-9-16)12-25-19-5-3-4-17(10-19)21-14-27-23(29-2)30-21/h3-5,10-11,13-16,25H,6-9,12H2,1-2H3/t15-,16-. The minimum atomic E-state index is 0.498. The van der Waals surface area contributed by atoms with Crippen molar-refractivity contribution in [3.8, 4) is 21.5 Å². The fraction of sp³-hybridized carbons (Fsp3) is 0.391. The number of anilines is 1. The molecule has 1 aromatic carbocycles. The van der Waals surface area contributed by atoms with Crippen LogP contribution in [0.1, 0.15) is 37.2 Å². The molecule has 1 aliphatic rings. The first-order valence-corrected chi connectivity index (χ1v) is 11.4. The van der Waals surface area contributed by atoms with Crippen LogP contribution in [0.4, 0.5) is 5.69 Å². The summed E-state index contributed by atoms with van der Waals surface area (Å²) in [5.74, 6) is 1.70. The van der Waals surface area contributed by atoms with Crippen LogP contribution in [0.15, 0.2) is 42.7 Å². The number of hydrogen-bond donors (Lipinski definition) is 1. The molecule has 0 spiro atoms. The first kappa shape index (κ1) is 20.9. The van der Waals surface area contributed by atoms with Crippen molar-refractivity contribution in [3.63, 3.8) is 0 Å². The van der Waals surface area contributed by atoms with Crippen LogP contribution in [-0.2, 0) is 0 Å². The molecule has 1 fully saturated rings. The number of methoxy groups -OCH3 is 2. The van der Waals surface area contributed by atoms with E-state index in [1.54, 1.807) is 25.6 Å². The highest BCUT2D eigenvalue weighted by atomic mass is 35.5. The fourth-order valence-corrected chi connectivity index (χ4v) is 5.02. The smallest absolute Gasteiger partial charge is 0.273 e. The number of benzene rings is 1. The average Bonchev–Trinajstić information content (AvgIpc) is 3.28. The SMILES string of the molecule is COc1ncc(-c2cccc(NC[C@H]3CC[C@H](c4cnc(OC)c(Cl)c4)CC3)c2)s1. The molecule has 0 atom stereocenters. The minimum absolute atomic E-state index is 0.498. The van der Waals surface area contributed by atoms with E-state index in [1.165, 1.54) is 18.4 Å². The zero-order chi connectivity index (χ0) is 20.9. The predicted molar refractivity (Wildman–Crippen MR) is 123 cm³/mol. The van der Waals surface area contributed by atoms with E-state index in [-0.39, 0.29) is 0 Å². The third-order valence-electron chi connectivity index (χ3n) is 5.74. The number of nitrogens with one attached hydrogen (secondary N) is 1. The van der Waals surface area contributed by atoms with E-state index in [0.717, 1.165) is 35.5 Å². The van der Waals surface area contributed by atoms with Gasteiger partial charge < -0.3 is 14.8 Å². The van der Waals surface area contributed by atoms with Crippen molar-refractivity contribution in [2.24, 2.45) is 5.92 Å². The van der Waals surface area contributed by atoms with Crippen molar-refractivity contribution in [3.05, 3.63) is 53.3 Å². The molecule has 0 saturated heterocycles. The summed E-state index contributed by atoms with van der Waals surface area (Å²) in [6.07, 6.45) is 8.51. The monoisotopic (exact) mass is 443 g/mol. The van der Waals surface area contributed by atoms with E-state index >= 15 is 0 Å². The molecule has 0 aliphatic heterocycles. The molecule has 30 heavy (non-hydrogen) atoms. The number of halogens is 1. The normalized spacial score (nSPS) is 18.8. The highest BCUT2D eigenvalue weighted by Gasteiger charge is 2.23. The molecule has 1 saturated carbocycles. The first-order chi connectivity index (χ1) is 14.7. The van der Waals surface area contributed by atoms with Crippen LogP contribution in [0.25, 0.3) is 10.4 Å². The molecule has 0 bridgehead atoms. The summed E-state index contributed by atoms with van der Waals surface area (Å²) in [7, 11) is 3.24. The Morgan fingerprint density at radius 2 is 1.90 bits per heavy atom. The third-order valence-corrected chi connectivity index (χ3v) is 7.02. The van der Waals surface area contributed by atoms with Gasteiger partial charge in [-0.05, 0) is 66.8 Å². The molecule has 3 aromatic rings. The van der Waals surface area contributed by atoms with Gasteiger partial charge in [-0.25, -0.2) is 9.97 Å². The number of aromatic nitrogens is 2. The predicted octanol–water partition coefficient (Wildman–Crippen LogP) is 6.26. The molecule has 0 radical (unpaired) electrons. The molecule has 5 nitrogen and oxygen atoms in total. The quantitative estimate of drug-likeness (QED) is 0.466. The lowest BCUT2D eigenvalue weighted by Crippen LogP contribution is -2.20. The second kappa shape index (κ2) is 9.67. The Hall–Kier alpha value is -2.31. The van der Waals surface area contributed by atoms with E-state index < -0.39 is 0 Å². The van der Waals surface area contributed by atoms with Gasteiger partial charge in [0.2, 0.25) is 5.88 Å². The molecule has 158 valence electrons. The van der Waals surface area contributed by atoms with Gasteiger partial charge in [0.1, 0.15) is 5.02 Å². The van der Waals surface area contributed by atoms with Crippen LogP contribution in [0.2, 0.25) is 5.02 Å². The summed E-state index contributed by atoms with van der Waals surface area (Å²) in [6.45, 7) is 0.990. The van der Waals surface area contributed by atoms with Crippen molar-refractivity contribution in [1.29, 1.82) is 0 Å². The van der Waals surface area contributed by atoms with Gasteiger partial charge in [-0.3, -0.25) is 0 Å². The average molecular weight is 444 g/mol. The van der Waals surface area contributed by atoms with Gasteiger partial charge >= 0.3 is 0 Å². The van der Waals surface area contributed by atoms with Gasteiger partial charge in [-0.1, -0.05) is 35.1 Å². The summed E-state index contributed by atoms with van der Waals surface area (Å²) >= 11 is 7.81. The maximum Gasteiger partial charge on any atom is 0.273 e. The van der Waals surface area contributed by atoms with E-state index in [4.69, 9.17) is 21.1 Å². The number of ether oxygens (including phenoxy) is 2. The maximum atomic E-state index is 6.25. The molecule has 7 heteroatoms. The maximum absolute atomic E-state index is 6.25. The summed E-state index contributed by atoms with van der Waals surface area (Å²) in [5, 5.41) is 4.91. The summed E-state index contributed by atoms with van der Waals surface area (Å²) < 4.78 is 10.4. The van der Waals surface area contributed by atoms with E-state index in [9.17, 15) is 0 Å².